The number of fused-ring (bicyclic) bond motifs is 1. The van der Waals surface area contributed by atoms with Crippen molar-refractivity contribution < 1.29 is 29.7 Å². The van der Waals surface area contributed by atoms with Crippen molar-refractivity contribution in [3.63, 3.8) is 0 Å². The number of rotatable bonds is 5. The molecule has 1 aliphatic carbocycles. The molecule has 10 heteroatoms. The summed E-state index contributed by atoms with van der Waals surface area (Å²) >= 11 is 0. The Morgan fingerprint density at radius 1 is 0.730 bits per heavy atom. The maximum absolute atomic E-state index is 13.5. The molecule has 0 aliphatic heterocycles. The van der Waals surface area contributed by atoms with Crippen LogP contribution in [0, 0.1) is 0 Å². The Labute approximate surface area is 208 Å². The number of anilines is 2. The maximum Gasteiger partial charge on any atom is 0.194 e. The fraction of sp³-hybridized carbons (Fsp3) is 0.185. The number of phenols is 1. The lowest BCUT2D eigenvalue weighted by Gasteiger charge is -2.24. The highest BCUT2D eigenvalue weighted by Gasteiger charge is 2.32. The Balaban J connectivity index is 2.19. The Morgan fingerprint density at radius 3 is 1.84 bits per heavy atom. The number of ether oxygens (including phenoxy) is 3. The number of methoxy groups -OCH3 is 3. The molecule has 5 aromatic carbocycles. The van der Waals surface area contributed by atoms with E-state index >= 15 is 0 Å². The molecule has 0 spiro atoms. The van der Waals surface area contributed by atoms with Crippen LogP contribution in [0.25, 0.3) is 49.2 Å². The second kappa shape index (κ2) is 7.73. The standard InChI is InChI=1S/C27H22N2O8/c1-9-5-10-16-17-11(6-9)27(37-4)25(29-34)18-12(30)7-14(35-2)20(22(17)18)21-15(36-3)8-13(31)19(23(16)21)26(32)24(10)28-33/h5,7-8,28-29,32-34H,6H2,1-4H3. The first-order valence-electron chi connectivity index (χ1n) is 11.4. The maximum atomic E-state index is 13.5. The van der Waals surface area contributed by atoms with Crippen LogP contribution in [0.5, 0.6) is 23.0 Å². The van der Waals surface area contributed by atoms with Gasteiger partial charge in [0.2, 0.25) is 0 Å². The van der Waals surface area contributed by atoms with Gasteiger partial charge in [-0.15, -0.1) is 0 Å². The molecule has 0 fully saturated rings. The van der Waals surface area contributed by atoms with Crippen LogP contribution >= 0.6 is 0 Å². The van der Waals surface area contributed by atoms with Crippen LogP contribution in [-0.4, -0.2) is 36.9 Å². The van der Waals surface area contributed by atoms with Gasteiger partial charge in [-0.05, 0) is 18.7 Å². The fourth-order valence-electron chi connectivity index (χ4n) is 5.98. The molecule has 1 aliphatic rings. The Bertz CT molecular complexity index is 1950. The van der Waals surface area contributed by atoms with Crippen molar-refractivity contribution >= 4 is 60.5 Å². The van der Waals surface area contributed by atoms with Gasteiger partial charge in [0.25, 0.3) is 0 Å². The monoisotopic (exact) mass is 502 g/mol. The average Bonchev–Trinajstić information content (AvgIpc) is 3.03. The topological polar surface area (TPSA) is 147 Å². The summed E-state index contributed by atoms with van der Waals surface area (Å²) in [7, 11) is 4.29. The van der Waals surface area contributed by atoms with Gasteiger partial charge < -0.3 is 19.3 Å². The van der Waals surface area contributed by atoms with E-state index < -0.39 is 16.6 Å². The summed E-state index contributed by atoms with van der Waals surface area (Å²) in [5.41, 5.74) is 5.23. The number of benzene rings is 5. The molecule has 5 aromatic rings. The van der Waals surface area contributed by atoms with E-state index in [1.54, 1.807) is 6.08 Å². The normalized spacial score (nSPS) is 13.0. The zero-order chi connectivity index (χ0) is 26.3. The average molecular weight is 502 g/mol. The number of hydrogen-bond acceptors (Lipinski definition) is 10. The van der Waals surface area contributed by atoms with Crippen molar-refractivity contribution in [2.24, 2.45) is 0 Å². The molecule has 37 heavy (non-hydrogen) atoms. The Morgan fingerprint density at radius 2 is 1.30 bits per heavy atom. The van der Waals surface area contributed by atoms with Crippen LogP contribution in [-0.2, 0) is 6.42 Å². The van der Waals surface area contributed by atoms with Crippen LogP contribution in [0.15, 0.2) is 27.3 Å². The summed E-state index contributed by atoms with van der Waals surface area (Å²) in [5.74, 6) is 0.287. The molecule has 0 saturated heterocycles. The lowest BCUT2D eigenvalue weighted by molar-refractivity contribution is 0.373. The van der Waals surface area contributed by atoms with Crippen LogP contribution in [0.4, 0.5) is 11.4 Å². The summed E-state index contributed by atoms with van der Waals surface area (Å²) in [4.78, 5) is 26.8. The summed E-state index contributed by atoms with van der Waals surface area (Å²) < 4.78 is 17.0. The van der Waals surface area contributed by atoms with Gasteiger partial charge in [0, 0.05) is 50.2 Å². The van der Waals surface area contributed by atoms with Crippen LogP contribution in [0.1, 0.15) is 18.1 Å². The highest BCUT2D eigenvalue weighted by Crippen LogP contribution is 2.55. The summed E-state index contributed by atoms with van der Waals surface area (Å²) in [6.45, 7) is 1.87. The van der Waals surface area contributed by atoms with Gasteiger partial charge in [0.05, 0.1) is 32.1 Å². The number of phenolic OH excluding ortho intramolecular Hbond substituents is 1. The quantitative estimate of drug-likeness (QED) is 0.103. The van der Waals surface area contributed by atoms with E-state index in [0.717, 1.165) is 5.57 Å². The van der Waals surface area contributed by atoms with Crippen LogP contribution < -0.4 is 36.0 Å². The fourth-order valence-corrected chi connectivity index (χ4v) is 5.98. The molecule has 0 aromatic heterocycles. The van der Waals surface area contributed by atoms with E-state index in [2.05, 4.69) is 11.0 Å². The van der Waals surface area contributed by atoms with Gasteiger partial charge in [0.15, 0.2) is 16.6 Å². The first-order chi connectivity index (χ1) is 17.8. The molecule has 0 radical (unpaired) electrons. The van der Waals surface area contributed by atoms with E-state index in [4.69, 9.17) is 14.2 Å². The van der Waals surface area contributed by atoms with Crippen molar-refractivity contribution in [1.82, 2.24) is 0 Å². The molecular formula is C27H22N2O8. The van der Waals surface area contributed by atoms with Gasteiger partial charge in [-0.25, -0.2) is 0 Å². The number of hydrogen-bond donors (Lipinski definition) is 5. The first kappa shape index (κ1) is 22.9. The third kappa shape index (κ3) is 2.65. The van der Waals surface area contributed by atoms with Crippen LogP contribution in [0.2, 0.25) is 0 Å². The van der Waals surface area contributed by atoms with Gasteiger partial charge in [-0.2, -0.15) is 0 Å². The molecule has 188 valence electrons. The molecule has 0 unspecified atom stereocenters. The SMILES string of the molecule is COc1c(NO)c2c(=O)cc(OC)c3c4c(OC)cc(=O)c5c(O)c(NO)c6c(c(c1CC(C)=C6)c23)c54. The molecule has 0 bridgehead atoms. The van der Waals surface area contributed by atoms with E-state index in [-0.39, 0.29) is 39.4 Å². The highest BCUT2D eigenvalue weighted by molar-refractivity contribution is 6.40. The van der Waals surface area contributed by atoms with Gasteiger partial charge >= 0.3 is 0 Å². The minimum Gasteiger partial charge on any atom is -0.505 e. The third-order valence-electron chi connectivity index (χ3n) is 7.29. The number of nitrogens with one attached hydrogen (secondary N) is 2. The van der Waals surface area contributed by atoms with Crippen molar-refractivity contribution in [2.75, 3.05) is 32.3 Å². The Kier molecular flexibility index (Phi) is 4.78. The molecule has 0 saturated carbocycles. The minimum absolute atomic E-state index is 0.0274. The highest BCUT2D eigenvalue weighted by atomic mass is 16.5. The lowest BCUT2D eigenvalue weighted by atomic mass is 9.83. The lowest BCUT2D eigenvalue weighted by Crippen LogP contribution is -2.11. The van der Waals surface area contributed by atoms with Gasteiger partial charge in [-0.1, -0.05) is 11.6 Å². The number of aromatic hydroxyl groups is 1. The van der Waals surface area contributed by atoms with Gasteiger partial charge in [0.1, 0.15) is 28.6 Å². The van der Waals surface area contributed by atoms with Crippen LogP contribution in [0.3, 0.4) is 0 Å². The summed E-state index contributed by atoms with van der Waals surface area (Å²) in [5, 5.41) is 34.5. The first-order valence-corrected chi connectivity index (χ1v) is 11.4. The molecule has 0 atom stereocenters. The second-order valence-corrected chi connectivity index (χ2v) is 9.07. The van der Waals surface area contributed by atoms with E-state index in [1.165, 1.54) is 33.5 Å². The smallest absolute Gasteiger partial charge is 0.194 e. The van der Waals surface area contributed by atoms with Crippen molar-refractivity contribution in [3.05, 3.63) is 49.3 Å². The van der Waals surface area contributed by atoms with Gasteiger partial charge in [-0.3, -0.25) is 31.0 Å². The summed E-state index contributed by atoms with van der Waals surface area (Å²) in [6, 6.07) is 2.55. The molecule has 0 heterocycles. The molecule has 0 amide bonds. The van der Waals surface area contributed by atoms with Crippen molar-refractivity contribution in [3.8, 4) is 23.0 Å². The summed E-state index contributed by atoms with van der Waals surface area (Å²) in [6.07, 6.45) is 2.14. The zero-order valence-electron chi connectivity index (χ0n) is 20.3. The predicted molar refractivity (Wildman–Crippen MR) is 141 cm³/mol. The molecule has 6 rings (SSSR count). The van der Waals surface area contributed by atoms with Crippen molar-refractivity contribution in [1.29, 1.82) is 0 Å². The predicted octanol–water partition coefficient (Wildman–Crippen LogP) is 4.19. The third-order valence-corrected chi connectivity index (χ3v) is 7.29. The minimum atomic E-state index is -0.515. The Hall–Kier alpha value is -4.54. The van der Waals surface area contributed by atoms with Crippen molar-refractivity contribution in [2.45, 2.75) is 13.3 Å². The number of allylic oxidation sites excluding steroid dienone is 1. The van der Waals surface area contributed by atoms with E-state index in [1.807, 2.05) is 6.92 Å². The molecular weight excluding hydrogens is 480 g/mol. The molecule has 10 nitrogen and oxygen atoms in total. The largest absolute Gasteiger partial charge is 0.505 e. The molecule has 5 N–H and O–H groups in total. The van der Waals surface area contributed by atoms with E-state index in [9.17, 15) is 25.1 Å². The zero-order valence-corrected chi connectivity index (χ0v) is 20.3. The van der Waals surface area contributed by atoms with E-state index in [0.29, 0.717) is 49.9 Å². The second-order valence-electron chi connectivity index (χ2n) is 9.07.